The molecule has 0 bridgehead atoms. The molecule has 8 nitrogen and oxygen atoms in total. The van der Waals surface area contributed by atoms with Gasteiger partial charge in [-0.25, -0.2) is 9.37 Å². The number of hydrogen-bond donors (Lipinski definition) is 2. The van der Waals surface area contributed by atoms with Gasteiger partial charge in [-0.3, -0.25) is 9.69 Å². The van der Waals surface area contributed by atoms with E-state index in [1.54, 1.807) is 6.07 Å². The van der Waals surface area contributed by atoms with Crippen LogP contribution in [0.4, 0.5) is 20.3 Å². The van der Waals surface area contributed by atoms with Crippen molar-refractivity contribution in [3.8, 4) is 22.5 Å². The second-order valence-electron chi connectivity index (χ2n) is 9.36. The monoisotopic (exact) mass is 492 g/mol. The first-order valence-electron chi connectivity index (χ1n) is 12.1. The predicted octanol–water partition coefficient (Wildman–Crippen LogP) is 2.48. The van der Waals surface area contributed by atoms with Crippen LogP contribution < -0.4 is 16.0 Å². The number of nitrogens with zero attached hydrogens (tertiary/aromatic N) is 4. The summed E-state index contributed by atoms with van der Waals surface area (Å²) in [5.74, 6) is -2.04. The van der Waals surface area contributed by atoms with E-state index < -0.39 is 17.7 Å². The number of aromatic nitrogens is 2. The zero-order chi connectivity index (χ0) is 24.8. The van der Waals surface area contributed by atoms with Crippen molar-refractivity contribution in [2.45, 2.75) is 12.5 Å². The molecule has 0 unspecified atom stereocenters. The Balaban J connectivity index is 1.26. The molecule has 3 aliphatic heterocycles. The zero-order valence-corrected chi connectivity index (χ0v) is 19.6. The molecular weight excluding hydrogens is 466 g/mol. The third-order valence-electron chi connectivity index (χ3n) is 7.19. The standard InChI is InChI=1S/C26H26F2N6O2/c27-20-12-17(11-16-5-6-30-26(35)21(16)20)23-25(29)32-24(28)22(31-23)15-1-3-18(4-2-15)33-7-9-34(10-8-33)19-13-36-14-19/h1-4,11-12,19H,5-10,13-14H2,(H2,29,32)(H,30,35). The van der Waals surface area contributed by atoms with Crippen molar-refractivity contribution in [2.75, 3.05) is 56.6 Å². The van der Waals surface area contributed by atoms with Crippen LogP contribution in [0.1, 0.15) is 15.9 Å². The third-order valence-corrected chi connectivity index (χ3v) is 7.19. The van der Waals surface area contributed by atoms with Gasteiger partial charge in [0.1, 0.15) is 17.2 Å². The molecule has 2 fully saturated rings. The Labute approximate surface area is 207 Å². The fraction of sp³-hybridized carbons (Fsp3) is 0.346. The maximum absolute atomic E-state index is 14.8. The van der Waals surface area contributed by atoms with Gasteiger partial charge >= 0.3 is 0 Å². The molecule has 186 valence electrons. The Morgan fingerprint density at radius 1 is 0.972 bits per heavy atom. The van der Waals surface area contributed by atoms with Crippen LogP contribution in [0.25, 0.3) is 22.5 Å². The molecule has 3 N–H and O–H groups in total. The Morgan fingerprint density at radius 2 is 1.72 bits per heavy atom. The number of carbonyl (C=O) groups is 1. The van der Waals surface area contributed by atoms with E-state index in [1.807, 2.05) is 24.3 Å². The molecule has 4 heterocycles. The minimum Gasteiger partial charge on any atom is -0.382 e. The average molecular weight is 493 g/mol. The van der Waals surface area contributed by atoms with Crippen molar-refractivity contribution in [2.24, 2.45) is 0 Å². The molecule has 3 aromatic rings. The van der Waals surface area contributed by atoms with E-state index in [4.69, 9.17) is 10.5 Å². The minimum atomic E-state index is -0.793. The molecule has 3 aliphatic rings. The van der Waals surface area contributed by atoms with Gasteiger partial charge in [0.25, 0.3) is 5.91 Å². The normalized spacial score (nSPS) is 18.5. The number of ether oxygens (including phenoxy) is 1. The number of halogens is 2. The highest BCUT2D eigenvalue weighted by atomic mass is 19.1. The number of carbonyl (C=O) groups excluding carboxylic acids is 1. The first-order valence-corrected chi connectivity index (χ1v) is 12.1. The first kappa shape index (κ1) is 22.8. The molecule has 1 aromatic heterocycles. The van der Waals surface area contributed by atoms with Gasteiger partial charge in [0.15, 0.2) is 5.82 Å². The number of rotatable bonds is 4. The van der Waals surface area contributed by atoms with Crippen molar-refractivity contribution in [3.05, 3.63) is 59.3 Å². The van der Waals surface area contributed by atoms with Crippen molar-refractivity contribution >= 4 is 17.4 Å². The van der Waals surface area contributed by atoms with Crippen LogP contribution in [-0.4, -0.2) is 72.8 Å². The van der Waals surface area contributed by atoms with Gasteiger partial charge in [-0.15, -0.1) is 0 Å². The van der Waals surface area contributed by atoms with E-state index in [0.717, 1.165) is 45.1 Å². The van der Waals surface area contributed by atoms with Gasteiger partial charge < -0.3 is 20.7 Å². The van der Waals surface area contributed by atoms with E-state index in [0.29, 0.717) is 35.7 Å². The maximum Gasteiger partial charge on any atom is 0.254 e. The molecular formula is C26H26F2N6O2. The molecule has 1 amide bonds. The quantitative estimate of drug-likeness (QED) is 0.578. The Bertz CT molecular complexity index is 1320. The summed E-state index contributed by atoms with van der Waals surface area (Å²) in [5.41, 5.74) is 8.76. The predicted molar refractivity (Wildman–Crippen MR) is 132 cm³/mol. The summed E-state index contributed by atoms with van der Waals surface area (Å²) in [6.45, 7) is 5.85. The van der Waals surface area contributed by atoms with Crippen molar-refractivity contribution < 1.29 is 18.3 Å². The summed E-state index contributed by atoms with van der Waals surface area (Å²) in [5, 5.41) is 2.64. The fourth-order valence-corrected chi connectivity index (χ4v) is 5.08. The van der Waals surface area contributed by atoms with Gasteiger partial charge in [-0.1, -0.05) is 12.1 Å². The van der Waals surface area contributed by atoms with Gasteiger partial charge in [-0.05, 0) is 36.2 Å². The number of benzene rings is 2. The zero-order valence-electron chi connectivity index (χ0n) is 19.6. The highest BCUT2D eigenvalue weighted by Crippen LogP contribution is 2.32. The van der Waals surface area contributed by atoms with Crippen LogP contribution in [-0.2, 0) is 11.2 Å². The molecule has 0 radical (unpaired) electrons. The van der Waals surface area contributed by atoms with Crippen LogP contribution in [0.15, 0.2) is 36.4 Å². The summed E-state index contributed by atoms with van der Waals surface area (Å²) in [4.78, 5) is 25.1. The van der Waals surface area contributed by atoms with Gasteiger partial charge in [0.2, 0.25) is 5.95 Å². The van der Waals surface area contributed by atoms with E-state index >= 15 is 0 Å². The molecule has 2 aromatic carbocycles. The van der Waals surface area contributed by atoms with Crippen molar-refractivity contribution in [1.29, 1.82) is 0 Å². The van der Waals surface area contributed by atoms with Crippen molar-refractivity contribution in [3.63, 3.8) is 0 Å². The number of fused-ring (bicyclic) bond motifs is 1. The Hall–Kier alpha value is -3.63. The molecule has 10 heteroatoms. The third kappa shape index (κ3) is 4.06. The molecule has 36 heavy (non-hydrogen) atoms. The summed E-state index contributed by atoms with van der Waals surface area (Å²) in [7, 11) is 0. The SMILES string of the molecule is Nc1nc(F)c(-c2ccc(N3CCN(C4COC4)CC3)cc2)nc1-c1cc(F)c2c(c1)CCNC2=O. The average Bonchev–Trinajstić information content (AvgIpc) is 2.84. The lowest BCUT2D eigenvalue weighted by molar-refractivity contribution is -0.0660. The van der Waals surface area contributed by atoms with Crippen LogP contribution in [0.3, 0.4) is 0 Å². The van der Waals surface area contributed by atoms with Crippen LogP contribution in [0.5, 0.6) is 0 Å². The molecule has 6 rings (SSSR count). The van der Waals surface area contributed by atoms with E-state index in [9.17, 15) is 13.6 Å². The smallest absolute Gasteiger partial charge is 0.254 e. The molecule has 0 atom stereocenters. The van der Waals surface area contributed by atoms with Gasteiger partial charge in [-0.2, -0.15) is 9.37 Å². The second-order valence-corrected chi connectivity index (χ2v) is 9.36. The number of nitrogens with two attached hydrogens (primary N) is 1. The second kappa shape index (κ2) is 9.11. The lowest BCUT2D eigenvalue weighted by Gasteiger charge is -2.43. The number of hydrogen-bond acceptors (Lipinski definition) is 7. The number of nitrogen functional groups attached to an aromatic ring is 1. The maximum atomic E-state index is 14.8. The lowest BCUT2D eigenvalue weighted by atomic mass is 9.96. The summed E-state index contributed by atoms with van der Waals surface area (Å²) in [6.07, 6.45) is 0.484. The first-order chi connectivity index (χ1) is 17.5. The summed E-state index contributed by atoms with van der Waals surface area (Å²) < 4.78 is 34.9. The molecule has 0 saturated carbocycles. The number of piperazine rings is 1. The largest absolute Gasteiger partial charge is 0.382 e. The van der Waals surface area contributed by atoms with Gasteiger partial charge in [0, 0.05) is 49.5 Å². The Kier molecular flexibility index (Phi) is 5.77. The molecule has 2 saturated heterocycles. The molecule has 0 spiro atoms. The lowest BCUT2D eigenvalue weighted by Crippen LogP contribution is -2.56. The van der Waals surface area contributed by atoms with E-state index in [-0.39, 0.29) is 22.8 Å². The van der Waals surface area contributed by atoms with Crippen molar-refractivity contribution in [1.82, 2.24) is 20.2 Å². The molecule has 0 aliphatic carbocycles. The topological polar surface area (TPSA) is 96.6 Å². The van der Waals surface area contributed by atoms with Crippen LogP contribution >= 0.6 is 0 Å². The summed E-state index contributed by atoms with van der Waals surface area (Å²) in [6, 6.07) is 10.9. The fourth-order valence-electron chi connectivity index (χ4n) is 5.08. The van der Waals surface area contributed by atoms with Gasteiger partial charge in [0.05, 0.1) is 24.8 Å². The number of nitrogens with one attached hydrogen (secondary N) is 1. The highest BCUT2D eigenvalue weighted by Gasteiger charge is 2.29. The van der Waals surface area contributed by atoms with E-state index in [1.165, 1.54) is 6.07 Å². The number of anilines is 2. The Morgan fingerprint density at radius 3 is 2.42 bits per heavy atom. The van der Waals surface area contributed by atoms with Crippen LogP contribution in [0.2, 0.25) is 0 Å². The number of amides is 1. The highest BCUT2D eigenvalue weighted by molar-refractivity contribution is 5.97. The minimum absolute atomic E-state index is 0.0244. The van der Waals surface area contributed by atoms with Crippen LogP contribution in [0, 0.1) is 11.8 Å². The summed E-state index contributed by atoms with van der Waals surface area (Å²) >= 11 is 0. The van der Waals surface area contributed by atoms with E-state index in [2.05, 4.69) is 25.1 Å².